The zero-order valence-electron chi connectivity index (χ0n) is 14.2. The topological polar surface area (TPSA) is 66.5 Å². The normalized spacial score (nSPS) is 19.4. The molecule has 1 aliphatic heterocycles. The standard InChI is InChI=1S/C17H25ClN2O3S/c1-13(2)10-19-17(21)15-6-4-8-20(11-15)24(22,23)12-14-5-3-7-16(18)9-14/h3,5,7,9,13,15H,4,6,8,10-12H2,1-2H3,(H,19,21)/t15-/m1/s1. The Morgan fingerprint density at radius 3 is 2.83 bits per heavy atom. The number of rotatable bonds is 6. The number of amides is 1. The van der Waals surface area contributed by atoms with Crippen LogP contribution in [0.3, 0.4) is 0 Å². The van der Waals surface area contributed by atoms with Gasteiger partial charge in [0.15, 0.2) is 0 Å². The average Bonchev–Trinajstić information content (AvgIpc) is 2.52. The summed E-state index contributed by atoms with van der Waals surface area (Å²) >= 11 is 5.92. The van der Waals surface area contributed by atoms with Crippen LogP contribution in [0.25, 0.3) is 0 Å². The molecule has 1 aromatic carbocycles. The van der Waals surface area contributed by atoms with Gasteiger partial charge in [-0.15, -0.1) is 0 Å². The predicted octanol–water partition coefficient (Wildman–Crippen LogP) is 2.65. The zero-order valence-corrected chi connectivity index (χ0v) is 15.7. The van der Waals surface area contributed by atoms with E-state index in [-0.39, 0.29) is 24.1 Å². The highest BCUT2D eigenvalue weighted by Gasteiger charge is 2.32. The van der Waals surface area contributed by atoms with Gasteiger partial charge in [-0.25, -0.2) is 12.7 Å². The van der Waals surface area contributed by atoms with Crippen molar-refractivity contribution in [1.82, 2.24) is 9.62 Å². The zero-order chi connectivity index (χ0) is 17.7. The van der Waals surface area contributed by atoms with Gasteiger partial charge in [-0.2, -0.15) is 0 Å². The number of carbonyl (C=O) groups excluding carboxylic acids is 1. The van der Waals surface area contributed by atoms with E-state index in [4.69, 9.17) is 11.6 Å². The van der Waals surface area contributed by atoms with E-state index < -0.39 is 10.0 Å². The Bertz CT molecular complexity index is 676. The molecular formula is C17H25ClN2O3S. The maximum Gasteiger partial charge on any atom is 0.224 e. The summed E-state index contributed by atoms with van der Waals surface area (Å²) in [6, 6.07) is 6.87. The molecule has 1 aliphatic rings. The van der Waals surface area contributed by atoms with Crippen LogP contribution < -0.4 is 5.32 Å². The number of carbonyl (C=O) groups is 1. The SMILES string of the molecule is CC(C)CNC(=O)[C@@H]1CCCN(S(=O)(=O)Cc2cccc(Cl)c2)C1. The summed E-state index contributed by atoms with van der Waals surface area (Å²) in [7, 11) is -3.46. The molecule has 0 saturated carbocycles. The van der Waals surface area contributed by atoms with Crippen LogP contribution in [0.1, 0.15) is 32.3 Å². The van der Waals surface area contributed by atoms with Crippen LogP contribution in [0.5, 0.6) is 0 Å². The van der Waals surface area contributed by atoms with E-state index in [2.05, 4.69) is 5.32 Å². The van der Waals surface area contributed by atoms with Crippen LogP contribution in [-0.2, 0) is 20.6 Å². The molecule has 0 radical (unpaired) electrons. The van der Waals surface area contributed by atoms with E-state index in [1.807, 2.05) is 13.8 Å². The predicted molar refractivity (Wildman–Crippen MR) is 96.2 cm³/mol. The second-order valence-corrected chi connectivity index (χ2v) is 9.13. The summed E-state index contributed by atoms with van der Waals surface area (Å²) < 4.78 is 26.7. The van der Waals surface area contributed by atoms with Crippen molar-refractivity contribution in [3.63, 3.8) is 0 Å². The Balaban J connectivity index is 2.01. The minimum absolute atomic E-state index is 0.0497. The maximum atomic E-state index is 12.7. The average molecular weight is 373 g/mol. The van der Waals surface area contributed by atoms with Gasteiger partial charge >= 0.3 is 0 Å². The molecule has 1 atom stereocenters. The van der Waals surface area contributed by atoms with Crippen molar-refractivity contribution >= 4 is 27.5 Å². The van der Waals surface area contributed by atoms with Crippen molar-refractivity contribution in [2.24, 2.45) is 11.8 Å². The first kappa shape index (κ1) is 19.2. The number of sulfonamides is 1. The Hall–Kier alpha value is -1.11. The molecule has 24 heavy (non-hydrogen) atoms. The third-order valence-electron chi connectivity index (χ3n) is 4.07. The van der Waals surface area contributed by atoms with E-state index in [1.54, 1.807) is 24.3 Å². The highest BCUT2D eigenvalue weighted by atomic mass is 35.5. The summed E-state index contributed by atoms with van der Waals surface area (Å²) in [4.78, 5) is 12.2. The van der Waals surface area contributed by atoms with Gasteiger partial charge in [0.05, 0.1) is 11.7 Å². The molecule has 2 rings (SSSR count). The molecule has 1 aromatic rings. The first-order chi connectivity index (χ1) is 11.3. The monoisotopic (exact) mass is 372 g/mol. The molecule has 1 fully saturated rings. The molecule has 5 nitrogen and oxygen atoms in total. The lowest BCUT2D eigenvalue weighted by Crippen LogP contribution is -2.46. The summed E-state index contributed by atoms with van der Waals surface area (Å²) in [5.41, 5.74) is 0.661. The highest BCUT2D eigenvalue weighted by Crippen LogP contribution is 2.22. The maximum absolute atomic E-state index is 12.7. The third kappa shape index (κ3) is 5.46. The Morgan fingerprint density at radius 2 is 2.17 bits per heavy atom. The van der Waals surface area contributed by atoms with Crippen LogP contribution in [-0.4, -0.2) is 38.3 Å². The van der Waals surface area contributed by atoms with Crippen molar-refractivity contribution in [3.8, 4) is 0 Å². The van der Waals surface area contributed by atoms with E-state index in [0.29, 0.717) is 36.0 Å². The van der Waals surface area contributed by atoms with E-state index >= 15 is 0 Å². The molecule has 0 bridgehead atoms. The van der Waals surface area contributed by atoms with Crippen molar-refractivity contribution < 1.29 is 13.2 Å². The molecule has 1 amide bonds. The summed E-state index contributed by atoms with van der Waals surface area (Å²) in [5, 5.41) is 3.42. The number of hydrogen-bond acceptors (Lipinski definition) is 3. The van der Waals surface area contributed by atoms with Crippen LogP contribution in [0.2, 0.25) is 5.02 Å². The molecular weight excluding hydrogens is 348 g/mol. The van der Waals surface area contributed by atoms with E-state index in [1.165, 1.54) is 4.31 Å². The fraction of sp³-hybridized carbons (Fsp3) is 0.588. The van der Waals surface area contributed by atoms with Crippen molar-refractivity contribution in [1.29, 1.82) is 0 Å². The van der Waals surface area contributed by atoms with Gasteiger partial charge in [0.2, 0.25) is 15.9 Å². The van der Waals surface area contributed by atoms with Crippen molar-refractivity contribution in [2.75, 3.05) is 19.6 Å². The smallest absolute Gasteiger partial charge is 0.224 e. The minimum Gasteiger partial charge on any atom is -0.356 e. The number of nitrogens with zero attached hydrogens (tertiary/aromatic N) is 1. The Kier molecular flexibility index (Phi) is 6.66. The molecule has 0 unspecified atom stereocenters. The van der Waals surface area contributed by atoms with E-state index in [9.17, 15) is 13.2 Å². The van der Waals surface area contributed by atoms with Crippen LogP contribution in [0.15, 0.2) is 24.3 Å². The first-order valence-corrected chi connectivity index (χ1v) is 10.3. The van der Waals surface area contributed by atoms with Crippen molar-refractivity contribution in [2.45, 2.75) is 32.4 Å². The number of nitrogens with one attached hydrogen (secondary N) is 1. The van der Waals surface area contributed by atoms with Gasteiger partial charge in [0, 0.05) is 24.7 Å². The number of hydrogen-bond donors (Lipinski definition) is 1. The fourth-order valence-electron chi connectivity index (χ4n) is 2.79. The number of benzene rings is 1. The first-order valence-electron chi connectivity index (χ1n) is 8.28. The number of halogens is 1. The van der Waals surface area contributed by atoms with Gasteiger partial charge in [-0.05, 0) is 36.5 Å². The molecule has 1 heterocycles. The van der Waals surface area contributed by atoms with Gasteiger partial charge in [0.25, 0.3) is 0 Å². The van der Waals surface area contributed by atoms with Gasteiger partial charge in [-0.3, -0.25) is 4.79 Å². The Labute approximate surface area is 149 Å². The molecule has 1 N–H and O–H groups in total. The third-order valence-corrected chi connectivity index (χ3v) is 6.12. The largest absolute Gasteiger partial charge is 0.356 e. The van der Waals surface area contributed by atoms with Crippen LogP contribution >= 0.6 is 11.6 Å². The molecule has 7 heteroatoms. The molecule has 1 saturated heterocycles. The number of piperidine rings is 1. The summed E-state index contributed by atoms with van der Waals surface area (Å²) in [6.07, 6.45) is 1.43. The van der Waals surface area contributed by atoms with E-state index in [0.717, 1.165) is 6.42 Å². The summed E-state index contributed by atoms with van der Waals surface area (Å²) in [6.45, 7) is 5.40. The molecule has 0 spiro atoms. The van der Waals surface area contributed by atoms with Gasteiger partial charge in [-0.1, -0.05) is 37.6 Å². The fourth-order valence-corrected chi connectivity index (χ4v) is 4.60. The molecule has 0 aliphatic carbocycles. The summed E-state index contributed by atoms with van der Waals surface area (Å²) in [5.74, 6) is -0.0355. The molecule has 0 aromatic heterocycles. The quantitative estimate of drug-likeness (QED) is 0.834. The molecule has 134 valence electrons. The van der Waals surface area contributed by atoms with Crippen LogP contribution in [0.4, 0.5) is 0 Å². The minimum atomic E-state index is -3.46. The van der Waals surface area contributed by atoms with Gasteiger partial charge in [0.1, 0.15) is 0 Å². The van der Waals surface area contributed by atoms with Gasteiger partial charge < -0.3 is 5.32 Å². The lowest BCUT2D eigenvalue weighted by molar-refractivity contribution is -0.126. The van der Waals surface area contributed by atoms with Crippen LogP contribution in [0, 0.1) is 11.8 Å². The Morgan fingerprint density at radius 1 is 1.42 bits per heavy atom. The second kappa shape index (κ2) is 8.32. The lowest BCUT2D eigenvalue weighted by Gasteiger charge is -2.31. The highest BCUT2D eigenvalue weighted by molar-refractivity contribution is 7.88. The lowest BCUT2D eigenvalue weighted by atomic mass is 9.98. The van der Waals surface area contributed by atoms with Crippen molar-refractivity contribution in [3.05, 3.63) is 34.9 Å². The second-order valence-electron chi connectivity index (χ2n) is 6.72.